The van der Waals surface area contributed by atoms with Crippen molar-refractivity contribution in [2.45, 2.75) is 26.3 Å². The average Bonchev–Trinajstić information content (AvgIpc) is 2.31. The van der Waals surface area contributed by atoms with Crippen LogP contribution in [0.4, 0.5) is 5.69 Å². The van der Waals surface area contributed by atoms with E-state index in [-0.39, 0.29) is 12.5 Å². The molecule has 0 fully saturated rings. The lowest BCUT2D eigenvalue weighted by atomic mass is 9.87. The fourth-order valence-corrected chi connectivity index (χ4v) is 1.80. The van der Waals surface area contributed by atoms with Crippen molar-refractivity contribution < 1.29 is 9.84 Å². The molecule has 2 N–H and O–H groups in total. The summed E-state index contributed by atoms with van der Waals surface area (Å²) in [6, 6.07) is 8.16. The van der Waals surface area contributed by atoms with E-state index in [1.165, 1.54) is 5.56 Å². The Morgan fingerprint density at radius 2 is 1.88 bits per heavy atom. The maximum absolute atomic E-state index is 9.65. The molecule has 0 aliphatic carbocycles. The lowest BCUT2D eigenvalue weighted by Crippen LogP contribution is -2.51. The Morgan fingerprint density at radius 1 is 1.29 bits per heavy atom. The van der Waals surface area contributed by atoms with Crippen LogP contribution in [-0.4, -0.2) is 31.0 Å². The Hall–Kier alpha value is -1.06. The average molecular weight is 237 g/mol. The van der Waals surface area contributed by atoms with Crippen molar-refractivity contribution in [1.82, 2.24) is 0 Å². The van der Waals surface area contributed by atoms with Crippen molar-refractivity contribution in [3.8, 4) is 0 Å². The normalized spacial score (nSPS) is 14.7. The third-order valence-corrected chi connectivity index (χ3v) is 3.23. The van der Waals surface area contributed by atoms with Gasteiger partial charge in [0.25, 0.3) is 0 Å². The van der Waals surface area contributed by atoms with Crippen LogP contribution in [0.5, 0.6) is 0 Å². The summed E-state index contributed by atoms with van der Waals surface area (Å²) in [5.41, 5.74) is 1.81. The second kappa shape index (κ2) is 6.03. The maximum atomic E-state index is 9.65. The molecule has 0 radical (unpaired) electrons. The van der Waals surface area contributed by atoms with Gasteiger partial charge in [-0.3, -0.25) is 0 Å². The van der Waals surface area contributed by atoms with Crippen LogP contribution in [0, 0.1) is 12.8 Å². The minimum atomic E-state index is -0.427. The molecular weight excluding hydrogens is 214 g/mol. The molecule has 0 heterocycles. The maximum Gasteiger partial charge on any atom is 0.0860 e. The van der Waals surface area contributed by atoms with Crippen LogP contribution in [-0.2, 0) is 4.74 Å². The van der Waals surface area contributed by atoms with Gasteiger partial charge in [-0.1, -0.05) is 31.5 Å². The predicted octanol–water partition coefficient (Wildman–Crippen LogP) is 2.44. The van der Waals surface area contributed by atoms with E-state index >= 15 is 0 Å². The standard InChI is InChI=1S/C14H23NO2/c1-11(2)14(9-16,10-17-4)15-13-7-5-12(3)6-8-13/h5-8,11,15-16H,9-10H2,1-4H3. The van der Waals surface area contributed by atoms with Crippen LogP contribution < -0.4 is 5.32 Å². The zero-order chi connectivity index (χ0) is 12.9. The minimum absolute atomic E-state index is 0.0480. The van der Waals surface area contributed by atoms with Crippen LogP contribution in [0.3, 0.4) is 0 Å². The number of ether oxygens (including phenoxy) is 1. The van der Waals surface area contributed by atoms with Crippen LogP contribution in [0.15, 0.2) is 24.3 Å². The van der Waals surface area contributed by atoms with Crippen molar-refractivity contribution in [3.05, 3.63) is 29.8 Å². The van der Waals surface area contributed by atoms with Gasteiger partial charge in [0.15, 0.2) is 0 Å². The van der Waals surface area contributed by atoms with Gasteiger partial charge in [0.1, 0.15) is 0 Å². The first-order valence-corrected chi connectivity index (χ1v) is 5.99. The van der Waals surface area contributed by atoms with Crippen molar-refractivity contribution in [3.63, 3.8) is 0 Å². The fraction of sp³-hybridized carbons (Fsp3) is 0.571. The zero-order valence-corrected chi connectivity index (χ0v) is 11.2. The number of hydrogen-bond acceptors (Lipinski definition) is 3. The summed E-state index contributed by atoms with van der Waals surface area (Å²) in [6.45, 7) is 6.75. The summed E-state index contributed by atoms with van der Waals surface area (Å²) in [5.74, 6) is 0.272. The van der Waals surface area contributed by atoms with Crippen LogP contribution >= 0.6 is 0 Å². The predicted molar refractivity (Wildman–Crippen MR) is 71.3 cm³/mol. The lowest BCUT2D eigenvalue weighted by molar-refractivity contribution is 0.0724. The summed E-state index contributed by atoms with van der Waals surface area (Å²) < 4.78 is 5.23. The van der Waals surface area contributed by atoms with Gasteiger partial charge in [0.05, 0.1) is 18.8 Å². The van der Waals surface area contributed by atoms with Gasteiger partial charge in [-0.2, -0.15) is 0 Å². The number of nitrogens with one attached hydrogen (secondary N) is 1. The monoisotopic (exact) mass is 237 g/mol. The van der Waals surface area contributed by atoms with E-state index in [9.17, 15) is 5.11 Å². The molecule has 1 atom stereocenters. The Balaban J connectivity index is 2.88. The topological polar surface area (TPSA) is 41.5 Å². The third-order valence-electron chi connectivity index (χ3n) is 3.23. The van der Waals surface area contributed by atoms with E-state index in [4.69, 9.17) is 4.74 Å². The second-order valence-electron chi connectivity index (χ2n) is 4.89. The Bertz CT molecular complexity index is 335. The molecule has 0 aliphatic rings. The molecule has 0 spiro atoms. The number of aryl methyl sites for hydroxylation is 1. The molecule has 3 nitrogen and oxygen atoms in total. The van der Waals surface area contributed by atoms with Gasteiger partial charge < -0.3 is 15.2 Å². The zero-order valence-electron chi connectivity index (χ0n) is 11.2. The van der Waals surface area contributed by atoms with E-state index in [0.29, 0.717) is 6.61 Å². The van der Waals surface area contributed by atoms with E-state index in [1.54, 1.807) is 7.11 Å². The smallest absolute Gasteiger partial charge is 0.0860 e. The molecule has 96 valence electrons. The number of methoxy groups -OCH3 is 1. The van der Waals surface area contributed by atoms with Crippen LogP contribution in [0.2, 0.25) is 0 Å². The number of benzene rings is 1. The number of aliphatic hydroxyl groups excluding tert-OH is 1. The molecule has 0 aliphatic heterocycles. The quantitative estimate of drug-likeness (QED) is 0.798. The lowest BCUT2D eigenvalue weighted by Gasteiger charge is -2.37. The summed E-state index contributed by atoms with van der Waals surface area (Å²) >= 11 is 0. The van der Waals surface area contributed by atoms with Gasteiger partial charge >= 0.3 is 0 Å². The number of hydrogen-bond donors (Lipinski definition) is 2. The highest BCUT2D eigenvalue weighted by atomic mass is 16.5. The fourth-order valence-electron chi connectivity index (χ4n) is 1.80. The molecule has 1 unspecified atom stereocenters. The molecule has 0 amide bonds. The van der Waals surface area contributed by atoms with Gasteiger partial charge in [0, 0.05) is 12.8 Å². The summed E-state index contributed by atoms with van der Waals surface area (Å²) in [7, 11) is 1.66. The minimum Gasteiger partial charge on any atom is -0.394 e. The molecule has 3 heteroatoms. The van der Waals surface area contributed by atoms with Gasteiger partial charge in [-0.15, -0.1) is 0 Å². The second-order valence-corrected chi connectivity index (χ2v) is 4.89. The third kappa shape index (κ3) is 3.45. The molecule has 17 heavy (non-hydrogen) atoms. The van der Waals surface area contributed by atoms with Crippen molar-refractivity contribution in [2.75, 3.05) is 25.6 Å². The summed E-state index contributed by atoms with van der Waals surface area (Å²) in [5, 5.41) is 13.0. The summed E-state index contributed by atoms with van der Waals surface area (Å²) in [4.78, 5) is 0. The Morgan fingerprint density at radius 3 is 2.29 bits per heavy atom. The van der Waals surface area contributed by atoms with Crippen LogP contribution in [0.1, 0.15) is 19.4 Å². The molecule has 0 bridgehead atoms. The number of rotatable bonds is 6. The summed E-state index contributed by atoms with van der Waals surface area (Å²) in [6.07, 6.45) is 0. The van der Waals surface area contributed by atoms with E-state index in [0.717, 1.165) is 5.69 Å². The molecule has 1 aromatic rings. The van der Waals surface area contributed by atoms with E-state index in [1.807, 2.05) is 12.1 Å². The largest absolute Gasteiger partial charge is 0.394 e. The first-order valence-electron chi connectivity index (χ1n) is 5.99. The van der Waals surface area contributed by atoms with Crippen molar-refractivity contribution in [2.24, 2.45) is 5.92 Å². The Kier molecular flexibility index (Phi) is 4.97. The first-order chi connectivity index (χ1) is 8.04. The highest BCUT2D eigenvalue weighted by Crippen LogP contribution is 2.23. The van der Waals surface area contributed by atoms with Crippen molar-refractivity contribution >= 4 is 5.69 Å². The van der Waals surface area contributed by atoms with E-state index in [2.05, 4.69) is 38.2 Å². The van der Waals surface area contributed by atoms with Gasteiger partial charge in [-0.05, 0) is 25.0 Å². The SMILES string of the molecule is COCC(CO)(Nc1ccc(C)cc1)C(C)C. The Labute approximate surface area is 104 Å². The highest BCUT2D eigenvalue weighted by molar-refractivity contribution is 5.47. The van der Waals surface area contributed by atoms with E-state index < -0.39 is 5.54 Å². The molecule has 0 saturated heterocycles. The molecule has 0 saturated carbocycles. The molecule has 0 aromatic heterocycles. The van der Waals surface area contributed by atoms with Crippen LogP contribution in [0.25, 0.3) is 0 Å². The molecule has 1 rings (SSSR count). The first kappa shape index (κ1) is 14.0. The molecule has 1 aromatic carbocycles. The number of anilines is 1. The highest BCUT2D eigenvalue weighted by Gasteiger charge is 2.33. The number of aliphatic hydroxyl groups is 1. The molecular formula is C14H23NO2. The van der Waals surface area contributed by atoms with Gasteiger partial charge in [-0.25, -0.2) is 0 Å². The van der Waals surface area contributed by atoms with Gasteiger partial charge in [0.2, 0.25) is 0 Å². The van der Waals surface area contributed by atoms with Crippen molar-refractivity contribution in [1.29, 1.82) is 0 Å².